The molecule has 4 heterocycles. The number of anilines is 2. The van der Waals surface area contributed by atoms with E-state index in [4.69, 9.17) is 0 Å². The van der Waals surface area contributed by atoms with E-state index in [0.29, 0.717) is 12.5 Å². The lowest BCUT2D eigenvalue weighted by Crippen LogP contribution is -2.38. The number of hydrogen-bond donors (Lipinski definition) is 2. The van der Waals surface area contributed by atoms with Crippen molar-refractivity contribution in [2.45, 2.75) is 44.2 Å². The normalized spacial score (nSPS) is 23.8. The number of aromatic amines is 1. The van der Waals surface area contributed by atoms with E-state index in [1.54, 1.807) is 6.33 Å². The number of hydrogen-bond acceptors (Lipinski definition) is 7. The average Bonchev–Trinajstić information content (AvgIpc) is 3.27. The largest absolute Gasteiger partial charge is 0.391 e. The summed E-state index contributed by atoms with van der Waals surface area (Å²) < 4.78 is 0. The Morgan fingerprint density at radius 3 is 2.64 bits per heavy atom. The summed E-state index contributed by atoms with van der Waals surface area (Å²) in [6, 6.07) is 2.37. The molecule has 2 N–H and O–H groups in total. The summed E-state index contributed by atoms with van der Waals surface area (Å²) in [5.74, 6) is 2.47. The Bertz CT molecular complexity index is 784. The van der Waals surface area contributed by atoms with Crippen molar-refractivity contribution < 1.29 is 5.11 Å². The molecule has 0 aliphatic carbocycles. The second-order valence-electron chi connectivity index (χ2n) is 8.40. The molecular formula is C20H31N7O. The second-order valence-corrected chi connectivity index (χ2v) is 8.40. The molecule has 0 amide bonds. The minimum absolute atomic E-state index is 0.280. The van der Waals surface area contributed by atoms with E-state index >= 15 is 0 Å². The zero-order chi connectivity index (χ0) is 19.7. The highest BCUT2D eigenvalue weighted by atomic mass is 16.3. The number of rotatable bonds is 5. The van der Waals surface area contributed by atoms with Gasteiger partial charge in [-0.2, -0.15) is 5.10 Å². The van der Waals surface area contributed by atoms with Crippen LogP contribution in [0.2, 0.25) is 0 Å². The molecule has 152 valence electrons. The van der Waals surface area contributed by atoms with Crippen molar-refractivity contribution in [2.24, 2.45) is 0 Å². The fraction of sp³-hybridized carbons (Fsp3) is 0.650. The average molecular weight is 386 g/mol. The van der Waals surface area contributed by atoms with Crippen molar-refractivity contribution in [1.29, 1.82) is 0 Å². The molecule has 0 radical (unpaired) electrons. The Balaban J connectivity index is 1.45. The van der Waals surface area contributed by atoms with Gasteiger partial charge in [-0.3, -0.25) is 5.10 Å². The van der Waals surface area contributed by atoms with Crippen LogP contribution in [0.15, 0.2) is 18.6 Å². The Labute approximate surface area is 166 Å². The van der Waals surface area contributed by atoms with Crippen molar-refractivity contribution in [3.8, 4) is 0 Å². The number of nitrogens with zero attached hydrogens (tertiary/aromatic N) is 6. The van der Waals surface area contributed by atoms with Gasteiger partial charge in [0.1, 0.15) is 18.0 Å². The monoisotopic (exact) mass is 385 g/mol. The highest BCUT2D eigenvalue weighted by Gasteiger charge is 2.32. The summed E-state index contributed by atoms with van der Waals surface area (Å²) >= 11 is 0. The zero-order valence-electron chi connectivity index (χ0n) is 17.0. The van der Waals surface area contributed by atoms with Gasteiger partial charge in [0, 0.05) is 44.0 Å². The molecule has 0 aromatic carbocycles. The molecule has 28 heavy (non-hydrogen) atoms. The molecule has 2 atom stereocenters. The van der Waals surface area contributed by atoms with Crippen molar-refractivity contribution >= 4 is 11.6 Å². The van der Waals surface area contributed by atoms with Crippen LogP contribution >= 0.6 is 0 Å². The van der Waals surface area contributed by atoms with E-state index in [0.717, 1.165) is 50.5 Å². The van der Waals surface area contributed by atoms with Gasteiger partial charge in [-0.15, -0.1) is 0 Å². The van der Waals surface area contributed by atoms with Crippen LogP contribution in [0.25, 0.3) is 0 Å². The molecule has 2 aromatic heterocycles. The number of H-pyrrole nitrogens is 1. The van der Waals surface area contributed by atoms with Crippen LogP contribution < -0.4 is 9.80 Å². The van der Waals surface area contributed by atoms with Gasteiger partial charge in [-0.1, -0.05) is 0 Å². The number of piperidine rings is 1. The molecule has 0 unspecified atom stereocenters. The lowest BCUT2D eigenvalue weighted by molar-refractivity contribution is 0.191. The summed E-state index contributed by atoms with van der Waals surface area (Å²) in [6.07, 6.45) is 6.33. The van der Waals surface area contributed by atoms with Gasteiger partial charge in [0.2, 0.25) is 0 Å². The molecule has 2 fully saturated rings. The van der Waals surface area contributed by atoms with Crippen LogP contribution in [0.4, 0.5) is 11.6 Å². The third-order valence-corrected chi connectivity index (χ3v) is 6.03. The maximum Gasteiger partial charge on any atom is 0.134 e. The van der Waals surface area contributed by atoms with Crippen molar-refractivity contribution in [3.63, 3.8) is 0 Å². The molecule has 2 aliphatic rings. The zero-order valence-corrected chi connectivity index (χ0v) is 17.0. The first-order valence-corrected chi connectivity index (χ1v) is 10.2. The van der Waals surface area contributed by atoms with Gasteiger partial charge < -0.3 is 19.8 Å². The molecule has 4 rings (SSSR count). The Hall–Kier alpha value is -2.19. The Morgan fingerprint density at radius 1 is 1.21 bits per heavy atom. The van der Waals surface area contributed by atoms with E-state index < -0.39 is 0 Å². The standard InChI is InChI=1S/C20H31N7O/c1-14-18(10-23-24-14)15-4-6-26(7-5-15)19-9-20(22-13-21-19)27-12-17(28)8-16(27)11-25(2)3/h9-10,13,15-17,28H,4-8,11-12H2,1-3H3,(H,23,24)/t16-,17-/m1/s1. The number of likely N-dealkylation sites (N-methyl/N-ethyl adjacent to an activating group) is 1. The van der Waals surface area contributed by atoms with Crippen LogP contribution in [0.5, 0.6) is 0 Å². The molecule has 0 bridgehead atoms. The SMILES string of the molecule is Cc1[nH]ncc1C1CCN(c2cc(N3C[C@H](O)C[C@@H]3CN(C)C)ncn2)CC1. The highest BCUT2D eigenvalue weighted by Crippen LogP contribution is 2.32. The van der Waals surface area contributed by atoms with Crippen LogP contribution in [-0.2, 0) is 0 Å². The van der Waals surface area contributed by atoms with E-state index in [1.165, 1.54) is 11.3 Å². The maximum atomic E-state index is 10.2. The topological polar surface area (TPSA) is 84.4 Å². The van der Waals surface area contributed by atoms with Gasteiger partial charge in [0.25, 0.3) is 0 Å². The first-order chi connectivity index (χ1) is 13.5. The highest BCUT2D eigenvalue weighted by molar-refractivity contribution is 5.52. The van der Waals surface area contributed by atoms with Crippen molar-refractivity contribution in [2.75, 3.05) is 50.1 Å². The van der Waals surface area contributed by atoms with E-state index in [2.05, 4.69) is 62.0 Å². The van der Waals surface area contributed by atoms with Gasteiger partial charge in [0.15, 0.2) is 0 Å². The van der Waals surface area contributed by atoms with Gasteiger partial charge in [0.05, 0.1) is 12.3 Å². The van der Waals surface area contributed by atoms with Gasteiger partial charge >= 0.3 is 0 Å². The molecule has 0 saturated carbocycles. The third kappa shape index (κ3) is 3.98. The fourth-order valence-corrected chi connectivity index (χ4v) is 4.63. The predicted octanol–water partition coefficient (Wildman–Crippen LogP) is 1.39. The van der Waals surface area contributed by atoms with Crippen LogP contribution in [0, 0.1) is 6.92 Å². The first kappa shape index (κ1) is 19.1. The molecule has 8 heteroatoms. The summed E-state index contributed by atoms with van der Waals surface area (Å²) in [5, 5.41) is 17.4. The summed E-state index contributed by atoms with van der Waals surface area (Å²) in [5.41, 5.74) is 2.53. The lowest BCUT2D eigenvalue weighted by atomic mass is 9.90. The summed E-state index contributed by atoms with van der Waals surface area (Å²) in [6.45, 7) is 5.60. The first-order valence-electron chi connectivity index (χ1n) is 10.2. The predicted molar refractivity (Wildman–Crippen MR) is 110 cm³/mol. The summed E-state index contributed by atoms with van der Waals surface area (Å²) in [4.78, 5) is 15.8. The number of nitrogens with one attached hydrogen (secondary N) is 1. The van der Waals surface area contributed by atoms with Crippen LogP contribution in [0.1, 0.15) is 36.4 Å². The summed E-state index contributed by atoms with van der Waals surface area (Å²) in [7, 11) is 4.14. The Kier molecular flexibility index (Phi) is 5.50. The van der Waals surface area contributed by atoms with Crippen LogP contribution in [0.3, 0.4) is 0 Å². The molecule has 0 spiro atoms. The van der Waals surface area contributed by atoms with E-state index in [1.807, 2.05) is 6.20 Å². The lowest BCUT2D eigenvalue weighted by Gasteiger charge is -2.33. The maximum absolute atomic E-state index is 10.2. The van der Waals surface area contributed by atoms with Crippen molar-refractivity contribution in [3.05, 3.63) is 29.8 Å². The second kappa shape index (κ2) is 8.05. The molecular weight excluding hydrogens is 354 g/mol. The number of aromatic nitrogens is 4. The molecule has 2 saturated heterocycles. The molecule has 2 aliphatic heterocycles. The minimum atomic E-state index is -0.294. The number of aliphatic hydroxyl groups excluding tert-OH is 1. The smallest absolute Gasteiger partial charge is 0.134 e. The van der Waals surface area contributed by atoms with Crippen molar-refractivity contribution in [1.82, 2.24) is 25.1 Å². The minimum Gasteiger partial charge on any atom is -0.391 e. The number of β-amino-alcohol motifs (C(OH)–C–C–N with tert-alkyl or cyclic N) is 1. The molecule has 2 aromatic rings. The third-order valence-electron chi connectivity index (χ3n) is 6.03. The molecule has 8 nitrogen and oxygen atoms in total. The van der Waals surface area contributed by atoms with Gasteiger partial charge in [-0.05, 0) is 51.8 Å². The Morgan fingerprint density at radius 2 is 1.96 bits per heavy atom. The fourth-order valence-electron chi connectivity index (χ4n) is 4.63. The van der Waals surface area contributed by atoms with Gasteiger partial charge in [-0.25, -0.2) is 9.97 Å². The number of aryl methyl sites for hydroxylation is 1. The van der Waals surface area contributed by atoms with E-state index in [-0.39, 0.29) is 12.1 Å². The number of aliphatic hydroxyl groups is 1. The van der Waals surface area contributed by atoms with E-state index in [9.17, 15) is 5.11 Å². The quantitative estimate of drug-likeness (QED) is 0.805. The van der Waals surface area contributed by atoms with Crippen LogP contribution in [-0.4, -0.2) is 82.6 Å².